The van der Waals surface area contributed by atoms with E-state index in [0.717, 1.165) is 0 Å². The molecule has 0 unspecified atom stereocenters. The van der Waals surface area contributed by atoms with Crippen molar-refractivity contribution in [3.63, 3.8) is 0 Å². The largest absolute Gasteiger partial charge is 0.493 e. The molecule has 1 aromatic carbocycles. The highest BCUT2D eigenvalue weighted by atomic mass is 19.3. The first-order valence-corrected chi connectivity index (χ1v) is 7.80. The molecule has 0 aromatic heterocycles. The number of amides is 2. The molecule has 25 heavy (non-hydrogen) atoms. The third-order valence-electron chi connectivity index (χ3n) is 3.14. The van der Waals surface area contributed by atoms with Gasteiger partial charge in [0.2, 0.25) is 5.91 Å². The standard InChI is InChI=1S/C17H24F2N2O4/c1-6-21(10-14(22)20-17(2,3)4)15(23)11-7-8-12(25-16(18)19)13(9-11)24-5/h7-9,16H,6,10H2,1-5H3,(H,20,22). The van der Waals surface area contributed by atoms with Gasteiger partial charge in [-0.3, -0.25) is 9.59 Å². The molecule has 0 saturated carbocycles. The average Bonchev–Trinajstić information content (AvgIpc) is 2.50. The van der Waals surface area contributed by atoms with Crippen molar-refractivity contribution in [1.82, 2.24) is 10.2 Å². The van der Waals surface area contributed by atoms with E-state index in [4.69, 9.17) is 4.74 Å². The fourth-order valence-electron chi connectivity index (χ4n) is 2.13. The molecule has 6 nitrogen and oxygen atoms in total. The number of hydrogen-bond donors (Lipinski definition) is 1. The van der Waals surface area contributed by atoms with Gasteiger partial charge in [-0.2, -0.15) is 8.78 Å². The van der Waals surface area contributed by atoms with Crippen LogP contribution in [0.4, 0.5) is 8.78 Å². The van der Waals surface area contributed by atoms with E-state index in [1.54, 1.807) is 6.92 Å². The first-order chi connectivity index (χ1) is 11.6. The minimum Gasteiger partial charge on any atom is -0.493 e. The third kappa shape index (κ3) is 6.56. The van der Waals surface area contributed by atoms with Crippen molar-refractivity contribution < 1.29 is 27.8 Å². The minimum atomic E-state index is -3.00. The lowest BCUT2D eigenvalue weighted by Gasteiger charge is -2.25. The molecule has 140 valence electrons. The van der Waals surface area contributed by atoms with E-state index in [1.807, 2.05) is 20.8 Å². The summed E-state index contributed by atoms with van der Waals surface area (Å²) in [5, 5.41) is 2.78. The summed E-state index contributed by atoms with van der Waals surface area (Å²) in [5.41, 5.74) is -0.194. The van der Waals surface area contributed by atoms with Crippen LogP contribution in [-0.2, 0) is 4.79 Å². The zero-order chi connectivity index (χ0) is 19.2. The first-order valence-electron chi connectivity index (χ1n) is 7.80. The van der Waals surface area contributed by atoms with Crippen molar-refractivity contribution in [2.24, 2.45) is 0 Å². The number of ether oxygens (including phenoxy) is 2. The van der Waals surface area contributed by atoms with Crippen LogP contribution >= 0.6 is 0 Å². The Morgan fingerprint density at radius 3 is 2.36 bits per heavy atom. The number of halogens is 2. The van der Waals surface area contributed by atoms with Gasteiger partial charge in [0.25, 0.3) is 5.91 Å². The molecule has 0 bridgehead atoms. The molecule has 0 heterocycles. The molecule has 1 N–H and O–H groups in total. The highest BCUT2D eigenvalue weighted by Gasteiger charge is 2.22. The second-order valence-corrected chi connectivity index (χ2v) is 6.36. The summed E-state index contributed by atoms with van der Waals surface area (Å²) in [6.07, 6.45) is 0. The predicted octanol–water partition coefficient (Wildman–Crippen LogP) is 2.67. The van der Waals surface area contributed by atoms with Gasteiger partial charge < -0.3 is 19.7 Å². The third-order valence-corrected chi connectivity index (χ3v) is 3.14. The molecule has 1 rings (SSSR count). The molecule has 0 saturated heterocycles. The van der Waals surface area contributed by atoms with E-state index in [1.165, 1.54) is 30.2 Å². The summed E-state index contributed by atoms with van der Waals surface area (Å²) in [7, 11) is 1.29. The summed E-state index contributed by atoms with van der Waals surface area (Å²) in [6.45, 7) is 4.48. The fourth-order valence-corrected chi connectivity index (χ4v) is 2.13. The van der Waals surface area contributed by atoms with Crippen molar-refractivity contribution >= 4 is 11.8 Å². The van der Waals surface area contributed by atoms with Crippen LogP contribution in [0.2, 0.25) is 0 Å². The number of methoxy groups -OCH3 is 1. The van der Waals surface area contributed by atoms with Crippen LogP contribution in [-0.4, -0.2) is 49.1 Å². The van der Waals surface area contributed by atoms with Crippen molar-refractivity contribution in [3.05, 3.63) is 23.8 Å². The van der Waals surface area contributed by atoms with Crippen LogP contribution in [0.15, 0.2) is 18.2 Å². The number of nitrogens with zero attached hydrogens (tertiary/aromatic N) is 1. The first kappa shape index (κ1) is 20.7. The molecule has 0 spiro atoms. The number of nitrogens with one attached hydrogen (secondary N) is 1. The molecule has 0 fully saturated rings. The monoisotopic (exact) mass is 358 g/mol. The summed E-state index contributed by atoms with van der Waals surface area (Å²) in [6, 6.07) is 3.90. The quantitative estimate of drug-likeness (QED) is 0.814. The summed E-state index contributed by atoms with van der Waals surface area (Å²) in [4.78, 5) is 26.0. The van der Waals surface area contributed by atoms with Gasteiger partial charge in [0, 0.05) is 17.6 Å². The predicted molar refractivity (Wildman–Crippen MR) is 89.1 cm³/mol. The normalized spacial score (nSPS) is 11.2. The van der Waals surface area contributed by atoms with E-state index in [-0.39, 0.29) is 29.5 Å². The van der Waals surface area contributed by atoms with Gasteiger partial charge in [-0.25, -0.2) is 0 Å². The van der Waals surface area contributed by atoms with E-state index in [2.05, 4.69) is 10.1 Å². The number of benzene rings is 1. The summed E-state index contributed by atoms with van der Waals surface area (Å²) >= 11 is 0. The van der Waals surface area contributed by atoms with Crippen LogP contribution in [0.3, 0.4) is 0 Å². The molecule has 0 atom stereocenters. The number of alkyl halides is 2. The Bertz CT molecular complexity index is 615. The topological polar surface area (TPSA) is 67.9 Å². The lowest BCUT2D eigenvalue weighted by atomic mass is 10.1. The Kier molecular flexibility index (Phi) is 7.14. The van der Waals surface area contributed by atoms with Crippen LogP contribution < -0.4 is 14.8 Å². The Morgan fingerprint density at radius 1 is 1.24 bits per heavy atom. The van der Waals surface area contributed by atoms with Gasteiger partial charge in [0.15, 0.2) is 11.5 Å². The van der Waals surface area contributed by atoms with Crippen LogP contribution in [0.1, 0.15) is 38.1 Å². The molecule has 0 aliphatic rings. The Hall–Kier alpha value is -2.38. The molecule has 0 aliphatic heterocycles. The number of likely N-dealkylation sites (N-methyl/N-ethyl adjacent to an activating group) is 1. The van der Waals surface area contributed by atoms with Crippen molar-refractivity contribution in [1.29, 1.82) is 0 Å². The van der Waals surface area contributed by atoms with Crippen molar-refractivity contribution in [3.8, 4) is 11.5 Å². The smallest absolute Gasteiger partial charge is 0.387 e. The highest BCUT2D eigenvalue weighted by molar-refractivity contribution is 5.97. The highest BCUT2D eigenvalue weighted by Crippen LogP contribution is 2.29. The Balaban J connectivity index is 2.94. The van der Waals surface area contributed by atoms with Crippen LogP contribution in [0.5, 0.6) is 11.5 Å². The number of carbonyl (C=O) groups is 2. The Morgan fingerprint density at radius 2 is 1.88 bits per heavy atom. The van der Waals surface area contributed by atoms with Crippen LogP contribution in [0, 0.1) is 0 Å². The lowest BCUT2D eigenvalue weighted by molar-refractivity contribution is -0.123. The zero-order valence-corrected chi connectivity index (χ0v) is 15.1. The molecule has 1 aromatic rings. The number of carbonyl (C=O) groups excluding carboxylic acids is 2. The van der Waals surface area contributed by atoms with Crippen LogP contribution in [0.25, 0.3) is 0 Å². The van der Waals surface area contributed by atoms with E-state index in [0.29, 0.717) is 6.54 Å². The van der Waals surface area contributed by atoms with Gasteiger partial charge in [0.1, 0.15) is 0 Å². The zero-order valence-electron chi connectivity index (χ0n) is 15.1. The average molecular weight is 358 g/mol. The molecular formula is C17H24F2N2O4. The summed E-state index contributed by atoms with van der Waals surface area (Å²) in [5.74, 6) is -0.843. The number of rotatable bonds is 7. The van der Waals surface area contributed by atoms with Gasteiger partial charge in [-0.1, -0.05) is 0 Å². The van der Waals surface area contributed by atoms with Gasteiger partial charge in [-0.05, 0) is 45.9 Å². The Labute approximate surface area is 146 Å². The van der Waals surface area contributed by atoms with E-state index in [9.17, 15) is 18.4 Å². The maximum atomic E-state index is 12.6. The lowest BCUT2D eigenvalue weighted by Crippen LogP contribution is -2.47. The van der Waals surface area contributed by atoms with Gasteiger partial charge in [0.05, 0.1) is 13.7 Å². The van der Waals surface area contributed by atoms with Gasteiger partial charge >= 0.3 is 6.61 Å². The summed E-state index contributed by atoms with van der Waals surface area (Å²) < 4.78 is 34.0. The molecule has 2 amide bonds. The second-order valence-electron chi connectivity index (χ2n) is 6.36. The van der Waals surface area contributed by atoms with Crippen molar-refractivity contribution in [2.45, 2.75) is 39.8 Å². The van der Waals surface area contributed by atoms with Crippen molar-refractivity contribution in [2.75, 3.05) is 20.2 Å². The SMILES string of the molecule is CCN(CC(=O)NC(C)(C)C)C(=O)c1ccc(OC(F)F)c(OC)c1. The maximum absolute atomic E-state index is 12.6. The molecular weight excluding hydrogens is 334 g/mol. The molecule has 0 radical (unpaired) electrons. The van der Waals surface area contributed by atoms with E-state index >= 15 is 0 Å². The molecule has 0 aliphatic carbocycles. The molecule has 8 heteroatoms. The van der Waals surface area contributed by atoms with Gasteiger partial charge in [-0.15, -0.1) is 0 Å². The minimum absolute atomic E-state index is 0.0151. The number of hydrogen-bond acceptors (Lipinski definition) is 4. The van der Waals surface area contributed by atoms with E-state index < -0.39 is 18.1 Å². The second kappa shape index (κ2) is 8.64. The fraction of sp³-hybridized carbons (Fsp3) is 0.529. The maximum Gasteiger partial charge on any atom is 0.387 e.